The molecule has 0 unspecified atom stereocenters. The summed E-state index contributed by atoms with van der Waals surface area (Å²) in [5.74, 6) is 0.0783. The number of ketones is 1. The van der Waals surface area contributed by atoms with E-state index in [2.05, 4.69) is 44.0 Å². The lowest BCUT2D eigenvalue weighted by Gasteiger charge is -2.05. The predicted molar refractivity (Wildman–Crippen MR) is 137 cm³/mol. The van der Waals surface area contributed by atoms with E-state index in [-0.39, 0.29) is 5.78 Å². The highest BCUT2D eigenvalue weighted by molar-refractivity contribution is 8.03. The maximum absolute atomic E-state index is 12.7. The number of allylic oxidation sites excluding steroid dienone is 5. The maximum Gasteiger partial charge on any atom is 0.206 e. The summed E-state index contributed by atoms with van der Waals surface area (Å²) < 4.78 is 0. The third-order valence-corrected chi connectivity index (χ3v) is 5.17. The van der Waals surface area contributed by atoms with E-state index in [1.165, 1.54) is 29.1 Å². The van der Waals surface area contributed by atoms with E-state index in [1.807, 2.05) is 50.3 Å². The number of hydrogen-bond acceptors (Lipinski definition) is 3. The lowest BCUT2D eigenvalue weighted by atomic mass is 10.0. The van der Waals surface area contributed by atoms with Gasteiger partial charge in [0.15, 0.2) is 0 Å². The van der Waals surface area contributed by atoms with E-state index >= 15 is 0 Å². The number of unbranched alkanes of at least 4 members (excludes halogenated alkanes) is 3. The highest BCUT2D eigenvalue weighted by atomic mass is 32.2. The second kappa shape index (κ2) is 19.1. The third-order valence-electron chi connectivity index (χ3n) is 4.12. The van der Waals surface area contributed by atoms with Crippen molar-refractivity contribution < 1.29 is 4.79 Å². The van der Waals surface area contributed by atoms with Crippen LogP contribution in [0.3, 0.4) is 0 Å². The highest BCUT2D eigenvalue weighted by Gasteiger charge is 2.15. The molecule has 0 bridgehead atoms. The van der Waals surface area contributed by atoms with Crippen LogP contribution in [-0.4, -0.2) is 18.5 Å². The Morgan fingerprint density at radius 2 is 1.63 bits per heavy atom. The molecule has 1 aliphatic carbocycles. The zero-order valence-corrected chi connectivity index (χ0v) is 20.7. The summed E-state index contributed by atoms with van der Waals surface area (Å²) in [6.07, 6.45) is 15.6. The predicted octanol–water partition coefficient (Wildman–Crippen LogP) is 8.60. The molecular weight excluding hydrogens is 386 g/mol. The van der Waals surface area contributed by atoms with Gasteiger partial charge in [-0.2, -0.15) is 0 Å². The van der Waals surface area contributed by atoms with E-state index < -0.39 is 0 Å². The molecule has 1 aliphatic rings. The summed E-state index contributed by atoms with van der Waals surface area (Å²) in [6, 6.07) is 10.3. The van der Waals surface area contributed by atoms with E-state index in [0.717, 1.165) is 31.3 Å². The first-order valence-corrected chi connectivity index (χ1v) is 12.3. The number of nitrogens with zero attached hydrogens (tertiary/aromatic N) is 1. The minimum atomic E-state index is 0.0783. The Labute approximate surface area is 189 Å². The van der Waals surface area contributed by atoms with Crippen molar-refractivity contribution in [1.29, 1.82) is 0 Å². The summed E-state index contributed by atoms with van der Waals surface area (Å²) >= 11 is 1.72. The molecular formula is C27H41NOS. The quantitative estimate of drug-likeness (QED) is 0.291. The van der Waals surface area contributed by atoms with Crippen LogP contribution in [0, 0.1) is 0 Å². The van der Waals surface area contributed by atoms with Crippen LogP contribution in [-0.2, 0) is 4.79 Å². The van der Waals surface area contributed by atoms with Crippen LogP contribution in [0.2, 0.25) is 0 Å². The molecule has 3 heteroatoms. The number of aliphatic imine (C=N–C) groups is 1. The second-order valence-corrected chi connectivity index (χ2v) is 7.91. The number of Topliss-reactive ketones (excluding diaryl/α,β-unsaturated/α-hetero) is 1. The molecule has 2 nitrogen and oxygen atoms in total. The Hall–Kier alpha value is -1.87. The molecule has 0 saturated carbocycles. The van der Waals surface area contributed by atoms with Crippen LogP contribution < -0.4 is 0 Å². The molecule has 0 amide bonds. The molecule has 0 fully saturated rings. The SMILES string of the molecule is CC.CCC.CCCCCCC(=NC)C(=O)C1=CCC=C(Sc2ccccc2)C=C1. The van der Waals surface area contributed by atoms with Crippen molar-refractivity contribution in [1.82, 2.24) is 0 Å². The molecule has 1 aromatic rings. The van der Waals surface area contributed by atoms with Gasteiger partial charge in [0, 0.05) is 22.4 Å². The lowest BCUT2D eigenvalue weighted by molar-refractivity contribution is -0.109. The Balaban J connectivity index is 0.00000154. The number of hydrogen-bond donors (Lipinski definition) is 0. The van der Waals surface area contributed by atoms with E-state index in [1.54, 1.807) is 18.8 Å². The lowest BCUT2D eigenvalue weighted by Crippen LogP contribution is -2.15. The van der Waals surface area contributed by atoms with Gasteiger partial charge in [-0.05, 0) is 37.5 Å². The normalized spacial score (nSPS) is 13.1. The first-order chi connectivity index (χ1) is 14.7. The number of benzene rings is 1. The first kappa shape index (κ1) is 28.1. The van der Waals surface area contributed by atoms with E-state index in [4.69, 9.17) is 0 Å². The molecule has 30 heavy (non-hydrogen) atoms. The molecule has 2 rings (SSSR count). The van der Waals surface area contributed by atoms with Gasteiger partial charge in [0.2, 0.25) is 5.78 Å². The number of carbonyl (C=O) groups is 1. The monoisotopic (exact) mass is 427 g/mol. The minimum absolute atomic E-state index is 0.0783. The topological polar surface area (TPSA) is 29.4 Å². The van der Waals surface area contributed by atoms with Crippen molar-refractivity contribution in [2.24, 2.45) is 4.99 Å². The van der Waals surface area contributed by atoms with Crippen LogP contribution in [0.4, 0.5) is 0 Å². The zero-order chi connectivity index (χ0) is 22.6. The van der Waals surface area contributed by atoms with Gasteiger partial charge in [-0.1, -0.05) is 108 Å². The van der Waals surface area contributed by atoms with Crippen molar-refractivity contribution in [3.8, 4) is 0 Å². The smallest absolute Gasteiger partial charge is 0.206 e. The fourth-order valence-electron chi connectivity index (χ4n) is 2.69. The highest BCUT2D eigenvalue weighted by Crippen LogP contribution is 2.29. The van der Waals surface area contributed by atoms with Gasteiger partial charge < -0.3 is 0 Å². The Morgan fingerprint density at radius 3 is 2.23 bits per heavy atom. The third kappa shape index (κ3) is 12.0. The zero-order valence-electron chi connectivity index (χ0n) is 19.9. The van der Waals surface area contributed by atoms with Crippen molar-refractivity contribution in [2.75, 3.05) is 7.05 Å². The van der Waals surface area contributed by atoms with Gasteiger partial charge in [0.25, 0.3) is 0 Å². The summed E-state index contributed by atoms with van der Waals surface area (Å²) in [5.41, 5.74) is 1.46. The molecule has 166 valence electrons. The summed E-state index contributed by atoms with van der Waals surface area (Å²) in [5, 5.41) is 0. The maximum atomic E-state index is 12.7. The molecule has 1 aromatic carbocycles. The molecule has 0 radical (unpaired) electrons. The molecule has 0 spiro atoms. The number of thioether (sulfide) groups is 1. The number of carbonyl (C=O) groups excluding carboxylic acids is 1. The van der Waals surface area contributed by atoms with Gasteiger partial charge in [0.1, 0.15) is 0 Å². The largest absolute Gasteiger partial charge is 0.289 e. The standard InChI is InChI=1S/C22H27NOS.C3H8.C2H6/c1-3-4-5-9-15-21(23-2)22(24)18-11-10-14-20(17-16-18)25-19-12-7-6-8-13-19;1-3-2;1-2/h6-8,11-14,16-17H,3-5,9-10,15H2,1-2H3;3H2,1-2H3;1-2H3. The Kier molecular flexibility index (Phi) is 17.9. The molecule has 0 aliphatic heterocycles. The molecule has 0 aromatic heterocycles. The van der Waals surface area contributed by atoms with Crippen molar-refractivity contribution in [3.63, 3.8) is 0 Å². The van der Waals surface area contributed by atoms with Crippen LogP contribution in [0.5, 0.6) is 0 Å². The first-order valence-electron chi connectivity index (χ1n) is 11.5. The van der Waals surface area contributed by atoms with Crippen LogP contribution in [0.25, 0.3) is 0 Å². The van der Waals surface area contributed by atoms with Crippen molar-refractivity contribution in [2.45, 2.75) is 84.5 Å². The fourth-order valence-corrected chi connectivity index (χ4v) is 3.57. The summed E-state index contributed by atoms with van der Waals surface area (Å²) in [4.78, 5) is 19.4. The van der Waals surface area contributed by atoms with E-state index in [9.17, 15) is 4.79 Å². The average molecular weight is 428 g/mol. The van der Waals surface area contributed by atoms with Gasteiger partial charge >= 0.3 is 0 Å². The van der Waals surface area contributed by atoms with Crippen LogP contribution in [0.1, 0.15) is 79.6 Å². The summed E-state index contributed by atoms with van der Waals surface area (Å²) in [6.45, 7) is 10.4. The number of rotatable bonds is 9. The average Bonchev–Trinajstić information content (AvgIpc) is 3.02. The van der Waals surface area contributed by atoms with Crippen LogP contribution in [0.15, 0.2) is 75.0 Å². The molecule has 0 atom stereocenters. The van der Waals surface area contributed by atoms with Gasteiger partial charge in [-0.15, -0.1) is 0 Å². The Morgan fingerprint density at radius 1 is 0.967 bits per heavy atom. The molecule has 0 saturated heterocycles. The van der Waals surface area contributed by atoms with Gasteiger partial charge in [0.05, 0.1) is 5.71 Å². The van der Waals surface area contributed by atoms with Crippen molar-refractivity contribution in [3.05, 3.63) is 65.1 Å². The molecule has 0 N–H and O–H groups in total. The van der Waals surface area contributed by atoms with Crippen LogP contribution >= 0.6 is 11.8 Å². The minimum Gasteiger partial charge on any atom is -0.289 e. The molecule has 0 heterocycles. The van der Waals surface area contributed by atoms with Gasteiger partial charge in [-0.3, -0.25) is 9.79 Å². The van der Waals surface area contributed by atoms with Gasteiger partial charge in [-0.25, -0.2) is 0 Å². The second-order valence-electron chi connectivity index (χ2n) is 6.77. The van der Waals surface area contributed by atoms with Crippen molar-refractivity contribution >= 4 is 23.3 Å². The fraction of sp³-hybridized carbons (Fsp3) is 0.481. The summed E-state index contributed by atoms with van der Waals surface area (Å²) in [7, 11) is 1.73. The van der Waals surface area contributed by atoms with E-state index in [0.29, 0.717) is 5.71 Å². The Bertz CT molecular complexity index is 699.